The van der Waals surface area contributed by atoms with E-state index < -0.39 is 30.3 Å². The summed E-state index contributed by atoms with van der Waals surface area (Å²) >= 11 is 13.5. The van der Waals surface area contributed by atoms with Crippen LogP contribution in [-0.4, -0.2) is 50.3 Å². The Morgan fingerprint density at radius 1 is 0.907 bits per heavy atom. The number of hydrogen-bond acceptors (Lipinski definition) is 9. The number of rotatable bonds is 9. The molecule has 0 aliphatic carbocycles. The average molecular weight is 636 g/mol. The molecular weight excluding hydrogens is 611 g/mol. The van der Waals surface area contributed by atoms with E-state index in [4.69, 9.17) is 37.4 Å². The lowest BCUT2D eigenvalue weighted by molar-refractivity contribution is -0.0441. The van der Waals surface area contributed by atoms with E-state index in [2.05, 4.69) is 27.3 Å². The highest BCUT2D eigenvalue weighted by molar-refractivity contribution is 7.98. The molecule has 1 aliphatic rings. The molecule has 0 saturated carbocycles. The fourth-order valence-electron chi connectivity index (χ4n) is 4.64. The van der Waals surface area contributed by atoms with Crippen LogP contribution in [0.4, 0.5) is 0 Å². The minimum Gasteiger partial charge on any atom is -0.459 e. The molecule has 0 bridgehead atoms. The van der Waals surface area contributed by atoms with Crippen LogP contribution < -0.4 is 0 Å². The first-order valence-electron chi connectivity index (χ1n) is 13.4. The Kier molecular flexibility index (Phi) is 8.90. The SMILES string of the molecule is O=C(OC[C@H]1O[C@@H](c2nnc3c(SCc4ccccc4)nccn23)C[C@H]1OC(=O)c1ccc(Cl)cc1)c1ccc(Cl)cc1. The standard InChI is InChI=1S/C31H24Cl2N4O5S/c32-22-10-6-20(7-11-22)30(38)40-17-26-24(42-31(39)21-8-12-23(33)13-9-21)16-25(41-26)27-35-36-28-29(34-14-15-37(27)28)43-18-19-4-2-1-3-5-19/h1-15,24-26H,16-18H2/t24-,25-,26-/m1/s1. The van der Waals surface area contributed by atoms with Crippen molar-refractivity contribution in [2.24, 2.45) is 0 Å². The van der Waals surface area contributed by atoms with Gasteiger partial charge in [-0.15, -0.1) is 10.2 Å². The Morgan fingerprint density at radius 2 is 1.58 bits per heavy atom. The summed E-state index contributed by atoms with van der Waals surface area (Å²) in [7, 11) is 0. The van der Waals surface area contributed by atoms with Crippen molar-refractivity contribution in [3.63, 3.8) is 0 Å². The number of halogens is 2. The first kappa shape index (κ1) is 29.1. The number of aromatic nitrogens is 4. The molecule has 1 aliphatic heterocycles. The molecule has 5 aromatic rings. The van der Waals surface area contributed by atoms with Crippen LogP contribution in [0.5, 0.6) is 0 Å². The molecule has 3 atom stereocenters. The zero-order valence-electron chi connectivity index (χ0n) is 22.5. The second-order valence-corrected chi connectivity index (χ2v) is 11.6. The molecule has 43 heavy (non-hydrogen) atoms. The Hall–Kier alpha value is -3.96. The van der Waals surface area contributed by atoms with Crippen molar-refractivity contribution in [3.8, 4) is 0 Å². The molecule has 9 nitrogen and oxygen atoms in total. The maximum atomic E-state index is 13.0. The van der Waals surface area contributed by atoms with Crippen LogP contribution in [0, 0.1) is 0 Å². The van der Waals surface area contributed by atoms with Crippen molar-refractivity contribution in [2.45, 2.75) is 35.5 Å². The van der Waals surface area contributed by atoms with Gasteiger partial charge in [-0.25, -0.2) is 14.6 Å². The van der Waals surface area contributed by atoms with Crippen molar-refractivity contribution in [3.05, 3.63) is 124 Å². The third-order valence-corrected chi connectivity index (χ3v) is 8.37. The van der Waals surface area contributed by atoms with Crippen molar-refractivity contribution in [1.82, 2.24) is 19.6 Å². The van der Waals surface area contributed by atoms with Gasteiger partial charge in [-0.05, 0) is 54.1 Å². The van der Waals surface area contributed by atoms with Crippen LogP contribution in [0.15, 0.2) is 96.3 Å². The molecule has 0 amide bonds. The van der Waals surface area contributed by atoms with Gasteiger partial charge in [0.25, 0.3) is 0 Å². The van der Waals surface area contributed by atoms with E-state index in [1.807, 2.05) is 22.6 Å². The molecule has 0 radical (unpaired) electrons. The summed E-state index contributed by atoms with van der Waals surface area (Å²) in [4.78, 5) is 30.2. The molecule has 1 fully saturated rings. The molecule has 1 saturated heterocycles. The smallest absolute Gasteiger partial charge is 0.338 e. The maximum Gasteiger partial charge on any atom is 0.338 e. The molecule has 3 heterocycles. The van der Waals surface area contributed by atoms with Crippen molar-refractivity contribution in [1.29, 1.82) is 0 Å². The summed E-state index contributed by atoms with van der Waals surface area (Å²) in [6.45, 7) is -0.146. The van der Waals surface area contributed by atoms with Gasteiger partial charge in [0, 0.05) is 34.6 Å². The van der Waals surface area contributed by atoms with Gasteiger partial charge in [0.05, 0.1) is 11.1 Å². The normalized spacial score (nSPS) is 18.0. The van der Waals surface area contributed by atoms with E-state index in [0.717, 1.165) is 16.3 Å². The van der Waals surface area contributed by atoms with Gasteiger partial charge in [0.1, 0.15) is 29.9 Å². The number of hydrogen-bond donors (Lipinski definition) is 0. The van der Waals surface area contributed by atoms with Crippen LogP contribution in [-0.2, 0) is 20.0 Å². The molecule has 3 aromatic carbocycles. The van der Waals surface area contributed by atoms with E-state index >= 15 is 0 Å². The lowest BCUT2D eigenvalue weighted by atomic mass is 10.1. The molecule has 0 N–H and O–H groups in total. The summed E-state index contributed by atoms with van der Waals surface area (Å²) in [6.07, 6.45) is 1.66. The largest absolute Gasteiger partial charge is 0.459 e. The quantitative estimate of drug-likeness (QED) is 0.130. The Balaban J connectivity index is 1.21. The molecule has 0 spiro atoms. The number of carbonyl (C=O) groups is 2. The Morgan fingerprint density at radius 3 is 2.28 bits per heavy atom. The van der Waals surface area contributed by atoms with Gasteiger partial charge >= 0.3 is 11.9 Å². The number of benzene rings is 3. The van der Waals surface area contributed by atoms with E-state index in [-0.39, 0.29) is 13.0 Å². The number of thioether (sulfide) groups is 1. The van der Waals surface area contributed by atoms with Gasteiger partial charge in [0.15, 0.2) is 11.5 Å². The Bertz CT molecular complexity index is 1740. The highest BCUT2D eigenvalue weighted by Crippen LogP contribution is 2.36. The number of nitrogens with zero attached hydrogens (tertiary/aromatic N) is 4. The zero-order valence-corrected chi connectivity index (χ0v) is 24.8. The molecule has 6 rings (SSSR count). The Labute approximate surface area is 261 Å². The van der Waals surface area contributed by atoms with Crippen molar-refractivity contribution < 1.29 is 23.8 Å². The van der Waals surface area contributed by atoms with Crippen LogP contribution in [0.2, 0.25) is 10.0 Å². The van der Waals surface area contributed by atoms with Crippen molar-refractivity contribution >= 4 is 52.5 Å². The molecule has 12 heteroatoms. The fourth-order valence-corrected chi connectivity index (χ4v) is 5.79. The second kappa shape index (κ2) is 13.1. The highest BCUT2D eigenvalue weighted by Gasteiger charge is 2.42. The van der Waals surface area contributed by atoms with E-state index in [1.165, 1.54) is 0 Å². The molecule has 0 unspecified atom stereocenters. The van der Waals surface area contributed by atoms with Gasteiger partial charge in [-0.1, -0.05) is 65.3 Å². The number of fused-ring (bicyclic) bond motifs is 1. The fraction of sp³-hybridized carbons (Fsp3) is 0.194. The summed E-state index contributed by atoms with van der Waals surface area (Å²) < 4.78 is 19.6. The summed E-state index contributed by atoms with van der Waals surface area (Å²) in [5.74, 6) is 0.151. The topological polar surface area (TPSA) is 105 Å². The van der Waals surface area contributed by atoms with Crippen LogP contribution in [0.3, 0.4) is 0 Å². The van der Waals surface area contributed by atoms with E-state index in [9.17, 15) is 9.59 Å². The lowest BCUT2D eigenvalue weighted by Gasteiger charge is -2.19. The van der Waals surface area contributed by atoms with Gasteiger partial charge < -0.3 is 14.2 Å². The van der Waals surface area contributed by atoms with Gasteiger partial charge in [-0.2, -0.15) is 0 Å². The summed E-state index contributed by atoms with van der Waals surface area (Å²) in [5, 5.41) is 10.5. The van der Waals surface area contributed by atoms with E-state index in [1.54, 1.807) is 72.7 Å². The number of esters is 2. The predicted octanol–water partition coefficient (Wildman–Crippen LogP) is 6.64. The van der Waals surface area contributed by atoms with Crippen LogP contribution in [0.1, 0.15) is 44.6 Å². The predicted molar refractivity (Wildman–Crippen MR) is 161 cm³/mol. The van der Waals surface area contributed by atoms with Crippen LogP contribution in [0.25, 0.3) is 5.65 Å². The highest BCUT2D eigenvalue weighted by atomic mass is 35.5. The molecule has 218 valence electrons. The minimum absolute atomic E-state index is 0.146. The first-order chi connectivity index (χ1) is 20.9. The van der Waals surface area contributed by atoms with Gasteiger partial charge in [0.2, 0.25) is 0 Å². The average Bonchev–Trinajstić information content (AvgIpc) is 3.64. The number of carbonyl (C=O) groups excluding carboxylic acids is 2. The first-order valence-corrected chi connectivity index (χ1v) is 15.1. The van der Waals surface area contributed by atoms with Crippen molar-refractivity contribution in [2.75, 3.05) is 6.61 Å². The lowest BCUT2D eigenvalue weighted by Crippen LogP contribution is -2.32. The third kappa shape index (κ3) is 6.83. The monoisotopic (exact) mass is 634 g/mol. The minimum atomic E-state index is -0.751. The second-order valence-electron chi connectivity index (χ2n) is 9.71. The zero-order chi connectivity index (χ0) is 29.8. The third-order valence-electron chi connectivity index (χ3n) is 6.82. The molecule has 2 aromatic heterocycles. The van der Waals surface area contributed by atoms with Gasteiger partial charge in [-0.3, -0.25) is 4.40 Å². The van der Waals surface area contributed by atoms with Crippen LogP contribution >= 0.6 is 35.0 Å². The van der Waals surface area contributed by atoms with E-state index in [0.29, 0.717) is 32.6 Å². The number of ether oxygens (including phenoxy) is 3. The summed E-state index contributed by atoms with van der Waals surface area (Å²) in [6, 6.07) is 22.8. The molecular formula is C31H24Cl2N4O5S. The maximum absolute atomic E-state index is 13.0. The summed E-state index contributed by atoms with van der Waals surface area (Å²) in [5.41, 5.74) is 2.43.